The van der Waals surface area contributed by atoms with Crippen LogP contribution in [0.3, 0.4) is 0 Å². The minimum absolute atomic E-state index is 0. The number of carboxylic acid groups (broad SMARTS) is 1. The van der Waals surface area contributed by atoms with Crippen LogP contribution in [0, 0.1) is 0 Å². The van der Waals surface area contributed by atoms with Crippen LogP contribution < -0.4 is 34.7 Å². The van der Waals surface area contributed by atoms with Gasteiger partial charge in [0.1, 0.15) is 5.97 Å². The summed E-state index contributed by atoms with van der Waals surface area (Å²) in [6.07, 6.45) is -5.62. The van der Waals surface area contributed by atoms with Crippen molar-refractivity contribution in [1.82, 2.24) is 0 Å². The normalized spacial score (nSPS) is 16.1. The molecule has 0 fully saturated rings. The van der Waals surface area contributed by atoms with E-state index >= 15 is 0 Å². The Labute approximate surface area is 87.0 Å². The van der Waals surface area contributed by atoms with Gasteiger partial charge in [-0.15, -0.1) is 0 Å². The summed E-state index contributed by atoms with van der Waals surface area (Å²) in [7, 11) is 0.281. The molecule has 0 heterocycles. The Morgan fingerprint density at radius 2 is 1.67 bits per heavy atom. The average Bonchev–Trinajstić information content (AvgIpc) is 1.83. The van der Waals surface area contributed by atoms with Crippen LogP contribution in [-0.4, -0.2) is 25.1 Å². The molecule has 0 bridgehead atoms. The molecule has 1 unspecified atom stereocenters. The van der Waals surface area contributed by atoms with Gasteiger partial charge in [-0.2, -0.15) is 17.6 Å². The first-order valence-corrected chi connectivity index (χ1v) is 2.28. The minimum atomic E-state index is -5.62. The number of hydrogen-bond acceptors (Lipinski definition) is 3. The third kappa shape index (κ3) is 2.58. The Kier molecular flexibility index (Phi) is 5.38. The van der Waals surface area contributed by atoms with E-state index < -0.39 is 18.0 Å². The van der Waals surface area contributed by atoms with Gasteiger partial charge in [0.25, 0.3) is 0 Å². The van der Waals surface area contributed by atoms with Gasteiger partial charge in [0.15, 0.2) is 0 Å². The molecule has 0 saturated heterocycles. The van der Waals surface area contributed by atoms with Crippen LogP contribution in [0.15, 0.2) is 0 Å². The zero-order chi connectivity index (χ0) is 9.28. The average molecular weight is 198 g/mol. The largest absolute Gasteiger partial charge is 1.00 e. The SMILES string of the molecule is COC(F)(C(=O)[O-])C(F)(F)F.[Na+]. The molecule has 0 aromatic carbocycles. The molecule has 0 saturated carbocycles. The van der Waals surface area contributed by atoms with E-state index in [-0.39, 0.29) is 36.7 Å². The Morgan fingerprint density at radius 3 is 1.67 bits per heavy atom. The van der Waals surface area contributed by atoms with Crippen LogP contribution in [0.4, 0.5) is 17.6 Å². The van der Waals surface area contributed by atoms with Gasteiger partial charge in [0.2, 0.25) is 0 Å². The second kappa shape index (κ2) is 4.40. The summed E-state index contributed by atoms with van der Waals surface area (Å²) in [6, 6.07) is 0. The zero-order valence-electron chi connectivity index (χ0n) is 6.24. The van der Waals surface area contributed by atoms with E-state index in [0.717, 1.165) is 0 Å². The van der Waals surface area contributed by atoms with Gasteiger partial charge in [0, 0.05) is 7.11 Å². The van der Waals surface area contributed by atoms with E-state index in [1.807, 2.05) is 0 Å². The van der Waals surface area contributed by atoms with Crippen molar-refractivity contribution in [3.8, 4) is 0 Å². The number of carbonyl (C=O) groups excluding carboxylic acids is 1. The Hall–Kier alpha value is 0.150. The molecule has 0 spiro atoms. The first-order valence-electron chi connectivity index (χ1n) is 2.28. The van der Waals surface area contributed by atoms with E-state index in [0.29, 0.717) is 0 Å². The maximum atomic E-state index is 12.1. The van der Waals surface area contributed by atoms with Gasteiger partial charge < -0.3 is 14.6 Å². The van der Waals surface area contributed by atoms with Crippen molar-refractivity contribution >= 4 is 5.97 Å². The van der Waals surface area contributed by atoms with Crippen molar-refractivity contribution < 1.29 is 61.8 Å². The molecule has 1 atom stereocenters. The smallest absolute Gasteiger partial charge is 0.544 e. The molecular formula is C4H3F4NaO3. The summed E-state index contributed by atoms with van der Waals surface area (Å²) < 4.78 is 49.6. The number of hydrogen-bond donors (Lipinski definition) is 0. The fraction of sp³-hybridized carbons (Fsp3) is 0.750. The van der Waals surface area contributed by atoms with E-state index in [9.17, 15) is 27.5 Å². The predicted molar refractivity (Wildman–Crippen MR) is 21.9 cm³/mol. The third-order valence-corrected chi connectivity index (χ3v) is 0.908. The van der Waals surface area contributed by atoms with Gasteiger partial charge >= 0.3 is 41.6 Å². The number of methoxy groups -OCH3 is 1. The maximum absolute atomic E-state index is 12.1. The van der Waals surface area contributed by atoms with E-state index in [2.05, 4.69) is 4.74 Å². The van der Waals surface area contributed by atoms with E-state index in [4.69, 9.17) is 0 Å². The van der Waals surface area contributed by atoms with Crippen molar-refractivity contribution in [2.75, 3.05) is 7.11 Å². The van der Waals surface area contributed by atoms with Gasteiger partial charge in [-0.05, 0) is 0 Å². The standard InChI is InChI=1S/C4H4F4O3.Na/c1-11-3(5,2(9)10)4(6,7)8;/h1H3,(H,9,10);/q;+1/p-1. The van der Waals surface area contributed by atoms with Crippen molar-refractivity contribution in [2.24, 2.45) is 0 Å². The molecule has 0 aliphatic rings. The van der Waals surface area contributed by atoms with Crippen molar-refractivity contribution in [2.45, 2.75) is 12.0 Å². The fourth-order valence-corrected chi connectivity index (χ4v) is 0.315. The first-order chi connectivity index (χ1) is 4.75. The molecule has 0 rings (SSSR count). The first kappa shape index (κ1) is 14.7. The molecule has 12 heavy (non-hydrogen) atoms. The Morgan fingerprint density at radius 1 is 1.33 bits per heavy atom. The summed E-state index contributed by atoms with van der Waals surface area (Å²) in [6.45, 7) is 0. The molecule has 0 aromatic rings. The number of halogens is 4. The molecule has 0 aliphatic heterocycles. The topological polar surface area (TPSA) is 49.4 Å². The monoisotopic (exact) mass is 198 g/mol. The molecule has 0 radical (unpaired) electrons. The maximum Gasteiger partial charge on any atom is 1.00 e. The van der Waals surface area contributed by atoms with Crippen molar-refractivity contribution in [3.63, 3.8) is 0 Å². The number of ether oxygens (including phenoxy) is 1. The minimum Gasteiger partial charge on any atom is -0.544 e. The second-order valence-electron chi connectivity index (χ2n) is 1.58. The second-order valence-corrected chi connectivity index (χ2v) is 1.58. The van der Waals surface area contributed by atoms with Gasteiger partial charge in [-0.1, -0.05) is 0 Å². The van der Waals surface area contributed by atoms with Crippen LogP contribution in [-0.2, 0) is 9.53 Å². The van der Waals surface area contributed by atoms with E-state index in [1.54, 1.807) is 0 Å². The van der Waals surface area contributed by atoms with Gasteiger partial charge in [0.05, 0.1) is 0 Å². The molecular weight excluding hydrogens is 195 g/mol. The van der Waals surface area contributed by atoms with Crippen molar-refractivity contribution in [1.29, 1.82) is 0 Å². The molecule has 3 nitrogen and oxygen atoms in total. The Balaban J connectivity index is 0. The van der Waals surface area contributed by atoms with Crippen LogP contribution >= 0.6 is 0 Å². The summed E-state index contributed by atoms with van der Waals surface area (Å²) in [5.74, 6) is -7.68. The number of rotatable bonds is 2. The van der Waals surface area contributed by atoms with Crippen LogP contribution in [0.5, 0.6) is 0 Å². The molecule has 0 amide bonds. The number of aliphatic carboxylic acids is 1. The molecule has 0 aliphatic carbocycles. The Bertz CT molecular complexity index is 170. The van der Waals surface area contributed by atoms with Gasteiger partial charge in [-0.25, -0.2) is 0 Å². The van der Waals surface area contributed by atoms with Crippen LogP contribution in [0.1, 0.15) is 0 Å². The fourth-order valence-electron chi connectivity index (χ4n) is 0.315. The van der Waals surface area contributed by atoms with Crippen molar-refractivity contribution in [3.05, 3.63) is 0 Å². The summed E-state index contributed by atoms with van der Waals surface area (Å²) in [4.78, 5) is 9.57. The van der Waals surface area contributed by atoms with E-state index in [1.165, 1.54) is 0 Å². The molecule has 66 valence electrons. The molecule has 8 heteroatoms. The zero-order valence-corrected chi connectivity index (χ0v) is 8.24. The summed E-state index contributed by atoms with van der Waals surface area (Å²) in [5, 5.41) is 9.57. The summed E-state index contributed by atoms with van der Waals surface area (Å²) in [5.41, 5.74) is 0. The number of carboxylic acids is 1. The molecule has 0 aromatic heterocycles. The van der Waals surface area contributed by atoms with Gasteiger partial charge in [-0.3, -0.25) is 0 Å². The number of carbonyl (C=O) groups is 1. The summed E-state index contributed by atoms with van der Waals surface area (Å²) >= 11 is 0. The third-order valence-electron chi connectivity index (χ3n) is 0.908. The predicted octanol–water partition coefficient (Wildman–Crippen LogP) is -3.39. The molecule has 0 N–H and O–H groups in total. The quantitative estimate of drug-likeness (QED) is 0.343. The van der Waals surface area contributed by atoms with Crippen LogP contribution in [0.2, 0.25) is 0 Å². The number of alkyl halides is 4. The van der Waals surface area contributed by atoms with Crippen LogP contribution in [0.25, 0.3) is 0 Å².